The largest absolute Gasteiger partial charge is 0.381 e. The number of fused-ring (bicyclic) bond motifs is 1. The number of hydrogen-bond acceptors (Lipinski definition) is 4. The van der Waals surface area contributed by atoms with Gasteiger partial charge in [0, 0.05) is 30.5 Å². The molecule has 1 aliphatic heterocycles. The van der Waals surface area contributed by atoms with Gasteiger partial charge in [-0.15, -0.1) is 0 Å². The molecule has 6 heteroatoms. The van der Waals surface area contributed by atoms with Gasteiger partial charge in [0.15, 0.2) is 5.69 Å². The van der Waals surface area contributed by atoms with Crippen molar-refractivity contribution in [3.05, 3.63) is 40.3 Å². The van der Waals surface area contributed by atoms with Crippen molar-refractivity contribution in [1.82, 2.24) is 14.7 Å². The minimum atomic E-state index is -0.144. The average molecular weight is 355 g/mol. The molecule has 0 N–H and O–H groups in total. The monoisotopic (exact) mass is 355 g/mol. The zero-order valence-corrected chi connectivity index (χ0v) is 15.4. The maximum Gasteiger partial charge on any atom is 0.275 e. The van der Waals surface area contributed by atoms with Crippen LogP contribution in [0.3, 0.4) is 0 Å². The minimum absolute atomic E-state index is 0.0648. The number of benzene rings is 1. The van der Waals surface area contributed by atoms with Crippen LogP contribution in [0, 0.1) is 5.92 Å². The van der Waals surface area contributed by atoms with E-state index in [1.54, 1.807) is 6.07 Å². The summed E-state index contributed by atoms with van der Waals surface area (Å²) in [6.45, 7) is 6.02. The van der Waals surface area contributed by atoms with Crippen LogP contribution in [0.1, 0.15) is 49.6 Å². The fourth-order valence-corrected chi connectivity index (χ4v) is 3.64. The molecule has 4 rings (SSSR count). The summed E-state index contributed by atoms with van der Waals surface area (Å²) in [5.41, 5.74) is 0.244. The Balaban J connectivity index is 1.77. The van der Waals surface area contributed by atoms with Crippen LogP contribution in [0.25, 0.3) is 10.8 Å². The van der Waals surface area contributed by atoms with Crippen molar-refractivity contribution in [2.24, 2.45) is 5.92 Å². The molecular formula is C20H25N3O3. The van der Waals surface area contributed by atoms with E-state index in [1.807, 2.05) is 36.9 Å². The van der Waals surface area contributed by atoms with Gasteiger partial charge in [-0.05, 0) is 39.2 Å². The molecule has 26 heavy (non-hydrogen) atoms. The van der Waals surface area contributed by atoms with E-state index in [-0.39, 0.29) is 17.5 Å². The van der Waals surface area contributed by atoms with E-state index in [4.69, 9.17) is 4.74 Å². The van der Waals surface area contributed by atoms with Crippen LogP contribution in [0.2, 0.25) is 0 Å². The molecule has 1 unspecified atom stereocenters. The molecular weight excluding hydrogens is 330 g/mol. The topological polar surface area (TPSA) is 64.4 Å². The molecule has 1 aromatic heterocycles. The molecule has 138 valence electrons. The third-order valence-corrected chi connectivity index (χ3v) is 5.25. The van der Waals surface area contributed by atoms with Crippen molar-refractivity contribution in [1.29, 1.82) is 0 Å². The molecule has 1 atom stereocenters. The van der Waals surface area contributed by atoms with Gasteiger partial charge in [-0.3, -0.25) is 9.59 Å². The fraction of sp³-hybridized carbons (Fsp3) is 0.550. The Morgan fingerprint density at radius 1 is 1.27 bits per heavy atom. The van der Waals surface area contributed by atoms with Gasteiger partial charge >= 0.3 is 0 Å². The molecule has 1 aliphatic carbocycles. The van der Waals surface area contributed by atoms with E-state index in [2.05, 4.69) is 5.10 Å². The molecule has 1 amide bonds. The van der Waals surface area contributed by atoms with Crippen LogP contribution >= 0.6 is 0 Å². The normalized spacial score (nSPS) is 20.0. The van der Waals surface area contributed by atoms with Gasteiger partial charge in [0.1, 0.15) is 0 Å². The number of ether oxygens (including phenoxy) is 1. The smallest absolute Gasteiger partial charge is 0.275 e. The average Bonchev–Trinajstić information content (AvgIpc) is 3.35. The van der Waals surface area contributed by atoms with Crippen LogP contribution in [0.5, 0.6) is 0 Å². The Morgan fingerprint density at radius 2 is 2.00 bits per heavy atom. The molecule has 0 bridgehead atoms. The summed E-state index contributed by atoms with van der Waals surface area (Å²) in [6, 6.07) is 7.48. The zero-order chi connectivity index (χ0) is 18.3. The molecule has 1 aromatic carbocycles. The predicted molar refractivity (Wildman–Crippen MR) is 99.4 cm³/mol. The molecule has 2 aliphatic rings. The van der Waals surface area contributed by atoms with Crippen LogP contribution in [-0.2, 0) is 4.74 Å². The second-order valence-electron chi connectivity index (χ2n) is 7.66. The van der Waals surface area contributed by atoms with Crippen molar-refractivity contribution in [2.45, 2.75) is 45.2 Å². The van der Waals surface area contributed by atoms with E-state index >= 15 is 0 Å². The first kappa shape index (κ1) is 17.2. The number of carbonyl (C=O) groups excluding carboxylic acids is 1. The Morgan fingerprint density at radius 3 is 2.62 bits per heavy atom. The van der Waals surface area contributed by atoms with Gasteiger partial charge in [-0.1, -0.05) is 18.2 Å². The van der Waals surface area contributed by atoms with Gasteiger partial charge in [0.25, 0.3) is 11.5 Å². The Labute approximate surface area is 152 Å². The van der Waals surface area contributed by atoms with Gasteiger partial charge < -0.3 is 9.64 Å². The summed E-state index contributed by atoms with van der Waals surface area (Å²) in [5.74, 6) is 0.326. The Kier molecular flexibility index (Phi) is 4.53. The highest BCUT2D eigenvalue weighted by Gasteiger charge is 2.36. The molecule has 1 saturated carbocycles. The van der Waals surface area contributed by atoms with E-state index in [1.165, 1.54) is 4.68 Å². The third-order valence-electron chi connectivity index (χ3n) is 5.25. The summed E-state index contributed by atoms with van der Waals surface area (Å²) in [5, 5.41) is 5.69. The van der Waals surface area contributed by atoms with E-state index < -0.39 is 0 Å². The highest BCUT2D eigenvalue weighted by molar-refractivity contribution is 6.05. The van der Waals surface area contributed by atoms with Crippen molar-refractivity contribution < 1.29 is 9.53 Å². The summed E-state index contributed by atoms with van der Waals surface area (Å²) in [7, 11) is 0. The number of carbonyl (C=O) groups is 1. The van der Waals surface area contributed by atoms with Crippen molar-refractivity contribution in [3.63, 3.8) is 0 Å². The third kappa shape index (κ3) is 3.14. The number of rotatable bonds is 5. The zero-order valence-electron chi connectivity index (χ0n) is 15.4. The second-order valence-corrected chi connectivity index (χ2v) is 7.66. The van der Waals surface area contributed by atoms with Crippen LogP contribution in [0.15, 0.2) is 29.1 Å². The highest BCUT2D eigenvalue weighted by Crippen LogP contribution is 2.31. The Hall–Kier alpha value is -2.21. The lowest BCUT2D eigenvalue weighted by molar-refractivity contribution is 0.0699. The van der Waals surface area contributed by atoms with Gasteiger partial charge in [0.2, 0.25) is 0 Å². The van der Waals surface area contributed by atoms with Crippen LogP contribution in [0.4, 0.5) is 0 Å². The van der Waals surface area contributed by atoms with Crippen molar-refractivity contribution >= 4 is 16.7 Å². The molecule has 2 heterocycles. The second kappa shape index (κ2) is 6.83. The maximum absolute atomic E-state index is 13.4. The standard InChI is InChI=1S/C20H25N3O3/c1-13(2)23-19(24)17-6-4-3-5-16(17)18(21-23)20(25)22(15-7-8-15)11-14-9-10-26-12-14/h3-6,13-15H,7-12H2,1-2H3. The summed E-state index contributed by atoms with van der Waals surface area (Å²) in [6.07, 6.45) is 3.08. The molecule has 0 spiro atoms. The Bertz CT molecular complexity index is 879. The van der Waals surface area contributed by atoms with E-state index in [0.29, 0.717) is 35.0 Å². The quantitative estimate of drug-likeness (QED) is 0.827. The van der Waals surface area contributed by atoms with Crippen LogP contribution in [-0.4, -0.2) is 46.4 Å². The SMILES string of the molecule is CC(C)n1nc(C(=O)N(CC2CCOC2)C2CC2)c2ccccc2c1=O. The summed E-state index contributed by atoms with van der Waals surface area (Å²) < 4.78 is 6.91. The molecule has 6 nitrogen and oxygen atoms in total. The first-order chi connectivity index (χ1) is 12.6. The van der Waals surface area contributed by atoms with E-state index in [0.717, 1.165) is 32.5 Å². The number of nitrogens with zero attached hydrogens (tertiary/aromatic N) is 3. The lowest BCUT2D eigenvalue weighted by atomic mass is 10.1. The number of amides is 1. The van der Waals surface area contributed by atoms with Gasteiger partial charge in [0.05, 0.1) is 18.0 Å². The molecule has 2 fully saturated rings. The first-order valence-electron chi connectivity index (χ1n) is 9.46. The maximum atomic E-state index is 13.4. The van der Waals surface area contributed by atoms with Gasteiger partial charge in [-0.2, -0.15) is 5.10 Å². The highest BCUT2D eigenvalue weighted by atomic mass is 16.5. The number of hydrogen-bond donors (Lipinski definition) is 0. The van der Waals surface area contributed by atoms with E-state index in [9.17, 15) is 9.59 Å². The fourth-order valence-electron chi connectivity index (χ4n) is 3.64. The minimum Gasteiger partial charge on any atom is -0.381 e. The predicted octanol–water partition coefficient (Wildman–Crippen LogP) is 2.62. The van der Waals surface area contributed by atoms with Gasteiger partial charge in [-0.25, -0.2) is 4.68 Å². The number of aromatic nitrogens is 2. The molecule has 0 radical (unpaired) electrons. The summed E-state index contributed by atoms with van der Waals surface area (Å²) >= 11 is 0. The molecule has 1 saturated heterocycles. The summed E-state index contributed by atoms with van der Waals surface area (Å²) in [4.78, 5) is 28.1. The first-order valence-corrected chi connectivity index (χ1v) is 9.46. The molecule has 2 aromatic rings. The van der Waals surface area contributed by atoms with Crippen molar-refractivity contribution in [3.8, 4) is 0 Å². The lowest BCUT2D eigenvalue weighted by Gasteiger charge is -2.25. The van der Waals surface area contributed by atoms with Crippen LogP contribution < -0.4 is 5.56 Å². The lowest BCUT2D eigenvalue weighted by Crippen LogP contribution is -2.39. The van der Waals surface area contributed by atoms with Crippen molar-refractivity contribution in [2.75, 3.05) is 19.8 Å².